The van der Waals surface area contributed by atoms with Crippen LogP contribution in [0.3, 0.4) is 0 Å². The highest BCUT2D eigenvalue weighted by atomic mass is 16.6. The van der Waals surface area contributed by atoms with E-state index < -0.39 is 0 Å². The monoisotopic (exact) mass is 247 g/mol. The number of aromatic amines is 1. The smallest absolute Gasteiger partial charge is 0.229 e. The maximum Gasteiger partial charge on any atom is 0.229 e. The second-order valence-electron chi connectivity index (χ2n) is 4.41. The van der Waals surface area contributed by atoms with Crippen molar-refractivity contribution in [2.75, 3.05) is 6.54 Å². The van der Waals surface area contributed by atoms with Gasteiger partial charge in [0.1, 0.15) is 11.4 Å². The highest BCUT2D eigenvalue weighted by molar-refractivity contribution is 5.78. The van der Waals surface area contributed by atoms with Gasteiger partial charge in [-0.25, -0.2) is 4.63 Å². The summed E-state index contributed by atoms with van der Waals surface area (Å²) in [7, 11) is 0. The van der Waals surface area contributed by atoms with Crippen LogP contribution in [0.2, 0.25) is 0 Å². The number of nitrogens with zero attached hydrogens (tertiary/aromatic N) is 4. The molecule has 0 atom stereocenters. The number of hydrogen-bond donors (Lipinski definition) is 1. The number of rotatable bonds is 2. The fourth-order valence-corrected chi connectivity index (χ4v) is 2.10. The molecule has 0 spiro atoms. The van der Waals surface area contributed by atoms with Gasteiger partial charge in [-0.15, -0.1) is 0 Å². The summed E-state index contributed by atoms with van der Waals surface area (Å²) < 4.78 is 4.59. The van der Waals surface area contributed by atoms with E-state index in [1.54, 1.807) is 13.1 Å². The molecule has 2 aromatic heterocycles. The predicted octanol–water partition coefficient (Wildman–Crippen LogP) is 0.229. The first-order valence-electron chi connectivity index (χ1n) is 5.81. The van der Waals surface area contributed by atoms with Crippen molar-refractivity contribution in [1.29, 1.82) is 0 Å². The molecule has 0 bridgehead atoms. The SMILES string of the molecule is Cc1nonc1CC(=O)N1CCc2[nH]ncc2C1. The van der Waals surface area contributed by atoms with Crippen molar-refractivity contribution in [3.63, 3.8) is 0 Å². The lowest BCUT2D eigenvalue weighted by Crippen LogP contribution is -2.36. The summed E-state index contributed by atoms with van der Waals surface area (Å²) in [5.74, 6) is 0.0423. The van der Waals surface area contributed by atoms with E-state index in [1.165, 1.54) is 0 Å². The van der Waals surface area contributed by atoms with Crippen molar-refractivity contribution < 1.29 is 9.42 Å². The molecule has 94 valence electrons. The molecule has 18 heavy (non-hydrogen) atoms. The second kappa shape index (κ2) is 4.25. The zero-order valence-corrected chi connectivity index (χ0v) is 10.0. The zero-order valence-electron chi connectivity index (χ0n) is 10.0. The number of nitrogens with one attached hydrogen (secondary N) is 1. The first-order valence-corrected chi connectivity index (χ1v) is 5.81. The Morgan fingerprint density at radius 1 is 1.56 bits per heavy atom. The van der Waals surface area contributed by atoms with E-state index in [-0.39, 0.29) is 12.3 Å². The van der Waals surface area contributed by atoms with E-state index in [9.17, 15) is 4.79 Å². The van der Waals surface area contributed by atoms with Crippen molar-refractivity contribution in [2.45, 2.75) is 26.3 Å². The highest BCUT2D eigenvalue weighted by Crippen LogP contribution is 2.17. The predicted molar refractivity (Wildman–Crippen MR) is 60.4 cm³/mol. The molecule has 3 rings (SSSR count). The number of H-pyrrole nitrogens is 1. The summed E-state index contributed by atoms with van der Waals surface area (Å²) in [5.41, 5.74) is 3.49. The number of fused-ring (bicyclic) bond motifs is 1. The molecule has 1 N–H and O–H groups in total. The molecule has 1 aliphatic heterocycles. The molecular weight excluding hydrogens is 234 g/mol. The van der Waals surface area contributed by atoms with Crippen LogP contribution in [0.1, 0.15) is 22.6 Å². The van der Waals surface area contributed by atoms with Gasteiger partial charge in [0.05, 0.1) is 12.6 Å². The van der Waals surface area contributed by atoms with Crippen molar-refractivity contribution in [1.82, 2.24) is 25.4 Å². The minimum Gasteiger partial charge on any atom is -0.338 e. The van der Waals surface area contributed by atoms with Gasteiger partial charge in [-0.3, -0.25) is 9.89 Å². The van der Waals surface area contributed by atoms with Crippen LogP contribution in [0, 0.1) is 6.92 Å². The minimum absolute atomic E-state index is 0.0423. The van der Waals surface area contributed by atoms with Crippen LogP contribution in [-0.4, -0.2) is 37.9 Å². The first kappa shape index (κ1) is 10.9. The average Bonchev–Trinajstić information content (AvgIpc) is 2.98. The summed E-state index contributed by atoms with van der Waals surface area (Å²) >= 11 is 0. The van der Waals surface area contributed by atoms with Crippen LogP contribution in [0.4, 0.5) is 0 Å². The van der Waals surface area contributed by atoms with Crippen molar-refractivity contribution >= 4 is 5.91 Å². The van der Waals surface area contributed by atoms with Crippen molar-refractivity contribution in [3.8, 4) is 0 Å². The van der Waals surface area contributed by atoms with Gasteiger partial charge in [-0.05, 0) is 6.92 Å². The van der Waals surface area contributed by atoms with Crippen LogP contribution in [-0.2, 0) is 24.2 Å². The fraction of sp³-hybridized carbons (Fsp3) is 0.455. The lowest BCUT2D eigenvalue weighted by atomic mass is 10.1. The van der Waals surface area contributed by atoms with Crippen LogP contribution in [0.25, 0.3) is 0 Å². The number of carbonyl (C=O) groups excluding carboxylic acids is 1. The number of aromatic nitrogens is 4. The summed E-state index contributed by atoms with van der Waals surface area (Å²) in [5, 5.41) is 14.3. The molecule has 0 fully saturated rings. The molecule has 1 aliphatic rings. The number of aryl methyl sites for hydroxylation is 1. The topological polar surface area (TPSA) is 87.9 Å². The minimum atomic E-state index is 0.0423. The van der Waals surface area contributed by atoms with Gasteiger partial charge in [0, 0.05) is 30.8 Å². The molecule has 0 unspecified atom stereocenters. The largest absolute Gasteiger partial charge is 0.338 e. The summed E-state index contributed by atoms with van der Waals surface area (Å²) in [6.45, 7) is 3.09. The van der Waals surface area contributed by atoms with E-state index in [1.807, 2.05) is 4.90 Å². The normalized spacial score (nSPS) is 14.6. The Balaban J connectivity index is 1.70. The third kappa shape index (κ3) is 1.87. The van der Waals surface area contributed by atoms with Crippen molar-refractivity contribution in [3.05, 3.63) is 28.8 Å². The Kier molecular flexibility index (Phi) is 2.58. The summed E-state index contributed by atoms with van der Waals surface area (Å²) in [6.07, 6.45) is 2.83. The average molecular weight is 247 g/mol. The Labute approximate surface area is 103 Å². The van der Waals surface area contributed by atoms with Crippen LogP contribution < -0.4 is 0 Å². The molecule has 1 amide bonds. The lowest BCUT2D eigenvalue weighted by molar-refractivity contribution is -0.131. The molecular formula is C11H13N5O2. The number of carbonyl (C=O) groups is 1. The molecule has 0 saturated carbocycles. The van der Waals surface area contributed by atoms with Gasteiger partial charge < -0.3 is 4.90 Å². The fourth-order valence-electron chi connectivity index (χ4n) is 2.10. The number of amides is 1. The number of hydrogen-bond acceptors (Lipinski definition) is 5. The van der Waals surface area contributed by atoms with Gasteiger partial charge in [0.25, 0.3) is 0 Å². The van der Waals surface area contributed by atoms with E-state index in [0.29, 0.717) is 24.5 Å². The van der Waals surface area contributed by atoms with Gasteiger partial charge in [0.2, 0.25) is 5.91 Å². The van der Waals surface area contributed by atoms with E-state index in [0.717, 1.165) is 17.7 Å². The van der Waals surface area contributed by atoms with Crippen molar-refractivity contribution in [2.24, 2.45) is 0 Å². The maximum atomic E-state index is 12.1. The molecule has 0 radical (unpaired) electrons. The van der Waals surface area contributed by atoms with E-state index in [4.69, 9.17) is 0 Å². The van der Waals surface area contributed by atoms with Crippen LogP contribution in [0.5, 0.6) is 0 Å². The molecule has 0 saturated heterocycles. The van der Waals surface area contributed by atoms with Gasteiger partial charge in [-0.2, -0.15) is 5.10 Å². The van der Waals surface area contributed by atoms with Gasteiger partial charge in [-0.1, -0.05) is 10.3 Å². The quantitative estimate of drug-likeness (QED) is 0.820. The summed E-state index contributed by atoms with van der Waals surface area (Å²) in [6, 6.07) is 0. The Bertz CT molecular complexity index is 574. The second-order valence-corrected chi connectivity index (χ2v) is 4.41. The maximum absolute atomic E-state index is 12.1. The van der Waals surface area contributed by atoms with Crippen LogP contribution in [0.15, 0.2) is 10.8 Å². The Hall–Kier alpha value is -2.18. The summed E-state index contributed by atoms with van der Waals surface area (Å²) in [4.78, 5) is 13.9. The molecule has 7 heteroatoms. The molecule has 0 aromatic carbocycles. The third-order valence-electron chi connectivity index (χ3n) is 3.22. The standard InChI is InChI=1S/C11H13N5O2/c1-7-10(15-18-14-7)4-11(17)16-3-2-9-8(6-16)5-12-13-9/h5H,2-4,6H2,1H3,(H,12,13). The Morgan fingerprint density at radius 2 is 2.44 bits per heavy atom. The molecule has 2 aromatic rings. The third-order valence-corrected chi connectivity index (χ3v) is 3.22. The first-order chi connectivity index (χ1) is 8.74. The lowest BCUT2D eigenvalue weighted by Gasteiger charge is -2.26. The molecule has 7 nitrogen and oxygen atoms in total. The molecule has 3 heterocycles. The highest BCUT2D eigenvalue weighted by Gasteiger charge is 2.23. The van der Waals surface area contributed by atoms with Gasteiger partial charge >= 0.3 is 0 Å². The van der Waals surface area contributed by atoms with Crippen LogP contribution >= 0.6 is 0 Å². The Morgan fingerprint density at radius 3 is 3.22 bits per heavy atom. The zero-order chi connectivity index (χ0) is 12.5. The van der Waals surface area contributed by atoms with E-state index >= 15 is 0 Å². The van der Waals surface area contributed by atoms with E-state index in [2.05, 4.69) is 25.1 Å². The van der Waals surface area contributed by atoms with Gasteiger partial charge in [0.15, 0.2) is 0 Å². The molecule has 0 aliphatic carbocycles.